The predicted octanol–water partition coefficient (Wildman–Crippen LogP) is 4.97. The van der Waals surface area contributed by atoms with E-state index in [4.69, 9.17) is 29.0 Å². The summed E-state index contributed by atoms with van der Waals surface area (Å²) < 4.78 is 8.88. The zero-order valence-corrected chi connectivity index (χ0v) is 17.6. The second-order valence-corrected chi connectivity index (χ2v) is 7.73. The summed E-state index contributed by atoms with van der Waals surface area (Å²) in [6, 6.07) is 24.7. The monoisotopic (exact) mass is 438 g/mol. The van der Waals surface area contributed by atoms with Crippen LogP contribution in [0.3, 0.4) is 0 Å². The smallest absolute Gasteiger partial charge is 0.337 e. The quantitative estimate of drug-likeness (QED) is 0.303. The molecule has 0 atom stereocenters. The van der Waals surface area contributed by atoms with Gasteiger partial charge in [-0.2, -0.15) is 4.89 Å². The molecule has 3 aromatic carbocycles. The number of hydrogen-bond acceptors (Lipinski definition) is 3. The van der Waals surface area contributed by atoms with Crippen molar-refractivity contribution in [2.75, 3.05) is 6.61 Å². The standard InChI is InChI=1S/C24H20O2.H3O4P/c1-3-7-19(8-4-1)11-14-22-21-13-16-24(26-25-18-17-21)23(22)15-12-20-9-5-2-6-10-20;1-5(2,3)4/h1-16H,17-18H2;(H3,1,2,3,4). The normalized spacial score (nSPS) is 13.4. The van der Waals surface area contributed by atoms with E-state index in [1.165, 1.54) is 16.7 Å². The summed E-state index contributed by atoms with van der Waals surface area (Å²) in [6.07, 6.45) is 9.35. The second-order valence-electron chi connectivity index (χ2n) is 6.71. The summed E-state index contributed by atoms with van der Waals surface area (Å²) in [6.45, 7) is 0.557. The molecule has 1 heterocycles. The van der Waals surface area contributed by atoms with Gasteiger partial charge in [0.1, 0.15) is 0 Å². The van der Waals surface area contributed by atoms with Crippen molar-refractivity contribution >= 4 is 32.1 Å². The number of hydrogen-bond donors (Lipinski definition) is 3. The van der Waals surface area contributed by atoms with Gasteiger partial charge in [-0.05, 0) is 34.4 Å². The number of fused-ring (bicyclic) bond motifs is 3. The fraction of sp³-hybridized carbons (Fsp3) is 0.0833. The van der Waals surface area contributed by atoms with E-state index < -0.39 is 7.82 Å². The van der Waals surface area contributed by atoms with Crippen LogP contribution in [0.25, 0.3) is 24.3 Å². The fourth-order valence-electron chi connectivity index (χ4n) is 3.07. The van der Waals surface area contributed by atoms with Crippen molar-refractivity contribution in [1.29, 1.82) is 0 Å². The first-order valence-corrected chi connectivity index (χ1v) is 11.2. The maximum Gasteiger partial charge on any atom is 0.466 e. The Kier molecular flexibility index (Phi) is 7.95. The molecule has 1 aliphatic heterocycles. The second kappa shape index (κ2) is 10.9. The van der Waals surface area contributed by atoms with Crippen molar-refractivity contribution in [3.05, 3.63) is 101 Å². The molecule has 3 N–H and O–H groups in total. The Morgan fingerprint density at radius 2 is 1.23 bits per heavy atom. The molecule has 4 rings (SSSR count). The van der Waals surface area contributed by atoms with Crippen LogP contribution in [0.5, 0.6) is 5.75 Å². The molecule has 1 aliphatic rings. The topological polar surface area (TPSA) is 96.2 Å². The Bertz CT molecular complexity index is 1000. The molecular weight excluding hydrogens is 415 g/mol. The van der Waals surface area contributed by atoms with Gasteiger partial charge in [-0.3, -0.25) is 0 Å². The number of benzene rings is 3. The van der Waals surface area contributed by atoms with Crippen LogP contribution in [0.2, 0.25) is 0 Å². The molecular formula is C24H23O6P. The highest BCUT2D eigenvalue weighted by atomic mass is 31.2. The van der Waals surface area contributed by atoms with Gasteiger partial charge < -0.3 is 19.6 Å². The molecule has 0 saturated heterocycles. The van der Waals surface area contributed by atoms with E-state index in [0.29, 0.717) is 6.61 Å². The zero-order valence-electron chi connectivity index (χ0n) is 16.7. The number of rotatable bonds is 4. The lowest BCUT2D eigenvalue weighted by Gasteiger charge is -2.18. The lowest BCUT2D eigenvalue weighted by molar-refractivity contribution is -0.206. The van der Waals surface area contributed by atoms with Crippen LogP contribution < -0.4 is 4.89 Å². The van der Waals surface area contributed by atoms with Crippen molar-refractivity contribution in [2.24, 2.45) is 0 Å². The van der Waals surface area contributed by atoms with Gasteiger partial charge in [-0.1, -0.05) is 85.0 Å². The van der Waals surface area contributed by atoms with Crippen LogP contribution in [-0.2, 0) is 15.9 Å². The highest BCUT2D eigenvalue weighted by molar-refractivity contribution is 7.45. The summed E-state index contributed by atoms with van der Waals surface area (Å²) >= 11 is 0. The molecule has 6 nitrogen and oxygen atoms in total. The lowest BCUT2D eigenvalue weighted by atomic mass is 9.95. The first-order valence-electron chi connectivity index (χ1n) is 9.60. The van der Waals surface area contributed by atoms with E-state index >= 15 is 0 Å². The van der Waals surface area contributed by atoms with Gasteiger partial charge in [0.05, 0.1) is 6.61 Å². The Labute approximate surface area is 180 Å². The van der Waals surface area contributed by atoms with Crippen molar-refractivity contribution in [3.63, 3.8) is 0 Å². The molecule has 0 spiro atoms. The van der Waals surface area contributed by atoms with Gasteiger partial charge >= 0.3 is 7.82 Å². The molecule has 0 aliphatic carbocycles. The first kappa shape index (κ1) is 22.7. The van der Waals surface area contributed by atoms with Gasteiger partial charge in [0, 0.05) is 12.0 Å². The van der Waals surface area contributed by atoms with Crippen molar-refractivity contribution in [1.82, 2.24) is 0 Å². The molecule has 0 saturated carbocycles. The molecule has 2 bridgehead atoms. The van der Waals surface area contributed by atoms with E-state index in [0.717, 1.165) is 23.3 Å². The molecule has 3 aromatic rings. The van der Waals surface area contributed by atoms with E-state index in [2.05, 4.69) is 54.6 Å². The van der Waals surface area contributed by atoms with Gasteiger partial charge in [0.15, 0.2) is 5.75 Å². The molecule has 0 radical (unpaired) electrons. The van der Waals surface area contributed by atoms with E-state index in [1.807, 2.05) is 42.5 Å². The Morgan fingerprint density at radius 1 is 0.710 bits per heavy atom. The maximum atomic E-state index is 8.88. The fourth-order valence-corrected chi connectivity index (χ4v) is 3.07. The van der Waals surface area contributed by atoms with Gasteiger partial charge in [-0.25, -0.2) is 4.57 Å². The van der Waals surface area contributed by atoms with Crippen LogP contribution >= 0.6 is 7.82 Å². The predicted molar refractivity (Wildman–Crippen MR) is 122 cm³/mol. The van der Waals surface area contributed by atoms with Gasteiger partial charge in [0.2, 0.25) is 0 Å². The average molecular weight is 438 g/mol. The van der Waals surface area contributed by atoms with Crippen LogP contribution in [-0.4, -0.2) is 21.3 Å². The van der Waals surface area contributed by atoms with Crippen molar-refractivity contribution in [3.8, 4) is 5.75 Å². The minimum atomic E-state index is -4.64. The third-order valence-electron chi connectivity index (χ3n) is 4.42. The minimum absolute atomic E-state index is 0.557. The van der Waals surface area contributed by atoms with Crippen LogP contribution in [0.15, 0.2) is 72.8 Å². The van der Waals surface area contributed by atoms with Crippen LogP contribution in [0.4, 0.5) is 0 Å². The summed E-state index contributed by atoms with van der Waals surface area (Å²) in [7, 11) is -4.64. The zero-order chi connectivity index (χ0) is 22.1. The Balaban J connectivity index is 0.000000491. The van der Waals surface area contributed by atoms with Gasteiger partial charge in [0.25, 0.3) is 0 Å². The molecule has 0 unspecified atom stereocenters. The van der Waals surface area contributed by atoms with E-state index in [9.17, 15) is 0 Å². The van der Waals surface area contributed by atoms with Gasteiger partial charge in [-0.15, -0.1) is 0 Å². The van der Waals surface area contributed by atoms with Crippen molar-refractivity contribution < 1.29 is 29.0 Å². The Hall–Kier alpha value is -2.99. The third-order valence-corrected chi connectivity index (χ3v) is 4.42. The van der Waals surface area contributed by atoms with E-state index in [-0.39, 0.29) is 0 Å². The third kappa shape index (κ3) is 7.64. The van der Waals surface area contributed by atoms with Crippen LogP contribution in [0.1, 0.15) is 27.8 Å². The molecule has 31 heavy (non-hydrogen) atoms. The molecule has 160 valence electrons. The first-order chi connectivity index (χ1) is 14.9. The number of phosphoric acid groups is 1. The van der Waals surface area contributed by atoms with Crippen molar-refractivity contribution in [2.45, 2.75) is 6.42 Å². The molecule has 0 fully saturated rings. The lowest BCUT2D eigenvalue weighted by Crippen LogP contribution is -2.09. The largest absolute Gasteiger partial charge is 0.466 e. The molecule has 0 aromatic heterocycles. The average Bonchev–Trinajstić information content (AvgIpc) is 2.72. The maximum absolute atomic E-state index is 8.88. The summed E-state index contributed by atoms with van der Waals surface area (Å²) in [5, 5.41) is 0. The summed E-state index contributed by atoms with van der Waals surface area (Å²) in [4.78, 5) is 32.4. The Morgan fingerprint density at radius 3 is 1.77 bits per heavy atom. The van der Waals surface area contributed by atoms with Crippen LogP contribution in [0, 0.1) is 0 Å². The SMILES string of the molecule is C(=Cc1c2ccc(c1C=Cc1ccccc1)OOCC2)c1ccccc1.O=P(O)(O)O. The molecule has 0 amide bonds. The highest BCUT2D eigenvalue weighted by Crippen LogP contribution is 2.32. The summed E-state index contributed by atoms with van der Waals surface area (Å²) in [5.41, 5.74) is 5.81. The molecule has 7 heteroatoms. The summed E-state index contributed by atoms with van der Waals surface area (Å²) in [5.74, 6) is 0.744. The minimum Gasteiger partial charge on any atom is -0.337 e. The van der Waals surface area contributed by atoms with E-state index in [1.54, 1.807) is 0 Å². The highest BCUT2D eigenvalue weighted by Gasteiger charge is 2.15.